The van der Waals surface area contributed by atoms with Crippen molar-refractivity contribution in [2.24, 2.45) is 0 Å². The Kier molecular flexibility index (Phi) is 7.63. The van der Waals surface area contributed by atoms with Crippen LogP contribution < -0.4 is 15.4 Å². The summed E-state index contributed by atoms with van der Waals surface area (Å²) in [6.45, 7) is 1.36. The molecule has 0 radical (unpaired) electrons. The van der Waals surface area contributed by atoms with Crippen LogP contribution in [0.2, 0.25) is 0 Å². The van der Waals surface area contributed by atoms with Crippen LogP contribution in [0.4, 0.5) is 16.2 Å². The van der Waals surface area contributed by atoms with Crippen molar-refractivity contribution in [2.45, 2.75) is 12.8 Å². The number of urea groups is 1. The summed E-state index contributed by atoms with van der Waals surface area (Å²) in [5.41, 5.74) is 2.08. The maximum atomic E-state index is 12.2. The van der Waals surface area contributed by atoms with E-state index in [9.17, 15) is 9.59 Å². The largest absolute Gasteiger partial charge is 0.492 e. The van der Waals surface area contributed by atoms with Crippen molar-refractivity contribution < 1.29 is 19.4 Å². The highest BCUT2D eigenvalue weighted by Gasteiger charge is 2.06. The van der Waals surface area contributed by atoms with Gasteiger partial charge in [0.05, 0.1) is 0 Å². The number of hydrogen-bond donors (Lipinski definition) is 3. The fraction of sp³-hybridized carbons (Fsp3) is 0.300. The second kappa shape index (κ2) is 10.2. The number of carbonyl (C=O) groups is 2. The van der Waals surface area contributed by atoms with E-state index in [1.165, 1.54) is 0 Å². The average Bonchev–Trinajstić information content (AvgIpc) is 2.60. The van der Waals surface area contributed by atoms with Gasteiger partial charge in [-0.2, -0.15) is 0 Å². The summed E-state index contributed by atoms with van der Waals surface area (Å²) in [4.78, 5) is 24.9. The van der Waals surface area contributed by atoms with E-state index in [-0.39, 0.29) is 12.5 Å². The molecule has 27 heavy (non-hydrogen) atoms. The zero-order valence-corrected chi connectivity index (χ0v) is 15.6. The van der Waals surface area contributed by atoms with Crippen molar-refractivity contribution in [1.82, 2.24) is 4.90 Å². The molecule has 0 aromatic heterocycles. The van der Waals surface area contributed by atoms with Crippen molar-refractivity contribution in [2.75, 3.05) is 37.9 Å². The zero-order valence-electron chi connectivity index (χ0n) is 15.6. The fourth-order valence-electron chi connectivity index (χ4n) is 2.36. The van der Waals surface area contributed by atoms with E-state index in [0.717, 1.165) is 12.1 Å². The Bertz CT molecular complexity index is 777. The summed E-state index contributed by atoms with van der Waals surface area (Å²) in [6.07, 6.45) is 0.467. The van der Waals surface area contributed by atoms with E-state index in [1.807, 2.05) is 37.2 Å². The van der Waals surface area contributed by atoms with E-state index in [2.05, 4.69) is 10.6 Å². The van der Waals surface area contributed by atoms with E-state index in [4.69, 9.17) is 9.84 Å². The van der Waals surface area contributed by atoms with Gasteiger partial charge in [0.2, 0.25) is 0 Å². The molecule has 0 bridgehead atoms. The van der Waals surface area contributed by atoms with Crippen LogP contribution in [0.3, 0.4) is 0 Å². The standard InChI is InChI=1S/C20H25N3O4/c1-23(2)11-12-27-18-8-4-7-17(14-18)22-20(26)21-16-6-3-5-15(13-16)9-10-19(24)25/h3-8,13-14H,9-12H2,1-2H3,(H,24,25)(H2,21,22,26). The molecule has 0 atom stereocenters. The molecule has 0 spiro atoms. The molecular weight excluding hydrogens is 346 g/mol. The summed E-state index contributed by atoms with van der Waals surface area (Å²) in [5, 5.41) is 14.3. The molecule has 0 fully saturated rings. The Morgan fingerprint density at radius 2 is 1.70 bits per heavy atom. The Hall–Kier alpha value is -3.06. The molecule has 2 amide bonds. The Morgan fingerprint density at radius 3 is 2.37 bits per heavy atom. The number of carboxylic acid groups (broad SMARTS) is 1. The van der Waals surface area contributed by atoms with E-state index in [0.29, 0.717) is 30.2 Å². The molecule has 0 aliphatic rings. The molecular formula is C20H25N3O4. The minimum atomic E-state index is -0.848. The predicted molar refractivity (Wildman–Crippen MR) is 106 cm³/mol. The highest BCUT2D eigenvalue weighted by atomic mass is 16.5. The lowest BCUT2D eigenvalue weighted by atomic mass is 10.1. The minimum Gasteiger partial charge on any atom is -0.492 e. The van der Waals surface area contributed by atoms with Gasteiger partial charge >= 0.3 is 12.0 Å². The third kappa shape index (κ3) is 7.79. The monoisotopic (exact) mass is 371 g/mol. The second-order valence-electron chi connectivity index (χ2n) is 6.35. The lowest BCUT2D eigenvalue weighted by Gasteiger charge is -2.12. The Morgan fingerprint density at radius 1 is 1.04 bits per heavy atom. The lowest BCUT2D eigenvalue weighted by molar-refractivity contribution is -0.136. The number of nitrogens with one attached hydrogen (secondary N) is 2. The fourth-order valence-corrected chi connectivity index (χ4v) is 2.36. The first-order valence-corrected chi connectivity index (χ1v) is 8.69. The maximum Gasteiger partial charge on any atom is 0.323 e. The van der Waals surface area contributed by atoms with E-state index >= 15 is 0 Å². The number of hydrogen-bond acceptors (Lipinski definition) is 4. The summed E-state index contributed by atoms with van der Waals surface area (Å²) >= 11 is 0. The minimum absolute atomic E-state index is 0.0518. The number of aryl methyl sites for hydroxylation is 1. The topological polar surface area (TPSA) is 90.9 Å². The normalized spacial score (nSPS) is 10.5. The molecule has 2 aromatic carbocycles. The van der Waals surface area contributed by atoms with Gasteiger partial charge in [0, 0.05) is 30.4 Å². The van der Waals surface area contributed by atoms with Crippen LogP contribution in [0.25, 0.3) is 0 Å². The number of ether oxygens (including phenoxy) is 1. The maximum absolute atomic E-state index is 12.2. The van der Waals surface area contributed by atoms with Gasteiger partial charge in [-0.25, -0.2) is 4.79 Å². The van der Waals surface area contributed by atoms with E-state index in [1.54, 1.807) is 30.3 Å². The third-order valence-electron chi connectivity index (χ3n) is 3.71. The molecule has 3 N–H and O–H groups in total. The van der Waals surface area contributed by atoms with Crippen LogP contribution in [0, 0.1) is 0 Å². The number of nitrogens with zero attached hydrogens (tertiary/aromatic N) is 1. The summed E-state index contributed by atoms with van der Waals surface area (Å²) in [5.74, 6) is -0.163. The number of anilines is 2. The molecule has 2 aromatic rings. The van der Waals surface area contributed by atoms with Crippen LogP contribution in [-0.2, 0) is 11.2 Å². The van der Waals surface area contributed by atoms with Gasteiger partial charge in [0.25, 0.3) is 0 Å². The molecule has 0 saturated carbocycles. The van der Waals surface area contributed by atoms with Crippen LogP contribution in [0.1, 0.15) is 12.0 Å². The highest BCUT2D eigenvalue weighted by Crippen LogP contribution is 2.18. The number of benzene rings is 2. The predicted octanol–water partition coefficient (Wildman–Crippen LogP) is 3.29. The van der Waals surface area contributed by atoms with Gasteiger partial charge < -0.3 is 25.4 Å². The molecule has 0 aliphatic heterocycles. The summed E-state index contributed by atoms with van der Waals surface area (Å²) < 4.78 is 5.66. The first-order chi connectivity index (χ1) is 12.9. The van der Waals surface area contributed by atoms with E-state index < -0.39 is 5.97 Å². The molecule has 0 saturated heterocycles. The number of carbonyl (C=O) groups excluding carboxylic acids is 1. The molecule has 0 aliphatic carbocycles. The van der Waals surface area contributed by atoms with Crippen LogP contribution in [-0.4, -0.2) is 49.3 Å². The molecule has 0 heterocycles. The summed E-state index contributed by atoms with van der Waals surface area (Å²) in [7, 11) is 3.95. The van der Waals surface area contributed by atoms with Crippen molar-refractivity contribution in [3.8, 4) is 5.75 Å². The third-order valence-corrected chi connectivity index (χ3v) is 3.71. The van der Waals surface area contributed by atoms with Crippen LogP contribution in [0.5, 0.6) is 5.75 Å². The molecule has 7 nitrogen and oxygen atoms in total. The molecule has 7 heteroatoms. The highest BCUT2D eigenvalue weighted by molar-refractivity contribution is 5.99. The van der Waals surface area contributed by atoms with Crippen molar-refractivity contribution in [3.05, 3.63) is 54.1 Å². The second-order valence-corrected chi connectivity index (χ2v) is 6.35. The number of aliphatic carboxylic acids is 1. The first-order valence-electron chi connectivity index (χ1n) is 8.69. The van der Waals surface area contributed by atoms with Gasteiger partial charge in [-0.05, 0) is 50.3 Å². The van der Waals surface area contributed by atoms with Crippen molar-refractivity contribution in [3.63, 3.8) is 0 Å². The number of amides is 2. The molecule has 2 rings (SSSR count). The number of likely N-dealkylation sites (N-methyl/N-ethyl adjacent to an activating group) is 1. The van der Waals surface area contributed by atoms with Gasteiger partial charge in [0.15, 0.2) is 0 Å². The van der Waals surface area contributed by atoms with Crippen LogP contribution >= 0.6 is 0 Å². The van der Waals surface area contributed by atoms with Gasteiger partial charge in [-0.3, -0.25) is 4.79 Å². The van der Waals surface area contributed by atoms with Gasteiger partial charge in [-0.1, -0.05) is 18.2 Å². The molecule has 0 unspecified atom stereocenters. The first kappa shape index (κ1) is 20.3. The van der Waals surface area contributed by atoms with Gasteiger partial charge in [-0.15, -0.1) is 0 Å². The zero-order chi connectivity index (χ0) is 19.6. The van der Waals surface area contributed by atoms with Gasteiger partial charge in [0.1, 0.15) is 12.4 Å². The van der Waals surface area contributed by atoms with Crippen molar-refractivity contribution in [1.29, 1.82) is 0 Å². The lowest BCUT2D eigenvalue weighted by Crippen LogP contribution is -2.20. The smallest absolute Gasteiger partial charge is 0.323 e. The quantitative estimate of drug-likeness (QED) is 0.629. The van der Waals surface area contributed by atoms with Crippen molar-refractivity contribution >= 4 is 23.4 Å². The Labute approximate surface area is 158 Å². The Balaban J connectivity index is 1.90. The number of rotatable bonds is 9. The van der Waals surface area contributed by atoms with Crippen LogP contribution in [0.15, 0.2) is 48.5 Å². The average molecular weight is 371 g/mol. The summed E-state index contributed by atoms with van der Waals surface area (Å²) in [6, 6.07) is 14.0. The SMILES string of the molecule is CN(C)CCOc1cccc(NC(=O)Nc2cccc(CCC(=O)O)c2)c1. The number of carboxylic acids is 1. The molecule has 144 valence electrons.